The van der Waals surface area contributed by atoms with Crippen molar-refractivity contribution in [3.63, 3.8) is 0 Å². The van der Waals surface area contributed by atoms with E-state index in [0.717, 1.165) is 11.1 Å². The molecule has 1 aromatic heterocycles. The number of aromatic hydroxyl groups is 1. The quantitative estimate of drug-likeness (QED) is 0.615. The molecule has 5 nitrogen and oxygen atoms in total. The molecule has 0 saturated heterocycles. The fraction of sp³-hybridized carbons (Fsp3) is 0.118. The van der Waals surface area contributed by atoms with E-state index in [1.54, 1.807) is 18.2 Å². The van der Waals surface area contributed by atoms with Gasteiger partial charge in [0.1, 0.15) is 5.75 Å². The number of hydrogen-bond acceptors (Lipinski definition) is 6. The number of H-pyrrole nitrogens is 1. The van der Waals surface area contributed by atoms with Gasteiger partial charge in [0.2, 0.25) is 0 Å². The Morgan fingerprint density at radius 2 is 1.76 bits per heavy atom. The molecule has 3 rings (SSSR count). The Morgan fingerprint density at radius 1 is 1.00 bits per heavy atom. The second-order valence-electron chi connectivity index (χ2n) is 5.12. The first-order valence-corrected chi connectivity index (χ1v) is 9.70. The minimum Gasteiger partial charge on any atom is -0.508 e. The number of aromatic nitrogens is 3. The zero-order valence-corrected chi connectivity index (χ0v) is 15.4. The fourth-order valence-electron chi connectivity index (χ4n) is 2.01. The molecule has 1 heterocycles. The highest BCUT2D eigenvalue weighted by molar-refractivity contribution is 7.99. The zero-order chi connectivity index (χ0) is 17.6. The smallest absolute Gasteiger partial charge is 0.349 e. The molecule has 128 valence electrons. The summed E-state index contributed by atoms with van der Waals surface area (Å²) in [6, 6.07) is 14.5. The Bertz CT molecular complexity index is 916. The summed E-state index contributed by atoms with van der Waals surface area (Å²) in [7, 11) is 0. The lowest BCUT2D eigenvalue weighted by Crippen LogP contribution is -2.13. The molecule has 0 aliphatic heterocycles. The third kappa shape index (κ3) is 5.52. The maximum absolute atomic E-state index is 11.7. The molecule has 0 unspecified atom stereocenters. The zero-order valence-electron chi connectivity index (χ0n) is 13.0. The van der Waals surface area contributed by atoms with Crippen LogP contribution in [-0.4, -0.2) is 20.1 Å². The molecule has 25 heavy (non-hydrogen) atoms. The van der Waals surface area contributed by atoms with Crippen molar-refractivity contribution >= 4 is 35.1 Å². The molecule has 3 aromatic rings. The summed E-state index contributed by atoms with van der Waals surface area (Å²) in [5.74, 6) is 1.45. The van der Waals surface area contributed by atoms with Gasteiger partial charge < -0.3 is 5.11 Å². The molecule has 2 N–H and O–H groups in total. The molecule has 0 aliphatic rings. The van der Waals surface area contributed by atoms with E-state index >= 15 is 0 Å². The van der Waals surface area contributed by atoms with E-state index in [1.165, 1.54) is 23.5 Å². The van der Waals surface area contributed by atoms with Crippen molar-refractivity contribution in [1.29, 1.82) is 0 Å². The average Bonchev–Trinajstić information content (AvgIpc) is 2.59. The van der Waals surface area contributed by atoms with Crippen LogP contribution in [0.2, 0.25) is 5.02 Å². The van der Waals surface area contributed by atoms with Crippen molar-refractivity contribution in [3.05, 3.63) is 75.2 Å². The van der Waals surface area contributed by atoms with Gasteiger partial charge in [0.15, 0.2) is 10.3 Å². The summed E-state index contributed by atoms with van der Waals surface area (Å²) in [4.78, 5) is 22.6. The van der Waals surface area contributed by atoms with E-state index in [4.69, 9.17) is 11.6 Å². The van der Waals surface area contributed by atoms with E-state index in [2.05, 4.69) is 15.0 Å². The lowest BCUT2D eigenvalue weighted by atomic mass is 10.2. The Kier molecular flexibility index (Phi) is 6.01. The third-order valence-corrected chi connectivity index (χ3v) is 5.29. The molecule has 0 radical (unpaired) electrons. The first-order valence-electron chi connectivity index (χ1n) is 7.35. The van der Waals surface area contributed by atoms with Crippen LogP contribution in [0.4, 0.5) is 0 Å². The van der Waals surface area contributed by atoms with Crippen LogP contribution in [0.5, 0.6) is 5.75 Å². The van der Waals surface area contributed by atoms with Gasteiger partial charge in [-0.2, -0.15) is 9.97 Å². The summed E-state index contributed by atoms with van der Waals surface area (Å²) < 4.78 is 0. The van der Waals surface area contributed by atoms with E-state index in [9.17, 15) is 9.90 Å². The van der Waals surface area contributed by atoms with Gasteiger partial charge in [-0.1, -0.05) is 59.4 Å². The first-order chi connectivity index (χ1) is 12.1. The number of rotatable bonds is 6. The van der Waals surface area contributed by atoms with E-state index < -0.39 is 5.69 Å². The van der Waals surface area contributed by atoms with Crippen LogP contribution in [0, 0.1) is 0 Å². The van der Waals surface area contributed by atoms with E-state index in [0.29, 0.717) is 26.8 Å². The number of halogens is 1. The van der Waals surface area contributed by atoms with Crippen LogP contribution in [0.1, 0.15) is 11.1 Å². The predicted octanol–water partition coefficient (Wildman–Crippen LogP) is 4.11. The first kappa shape index (κ1) is 17.8. The molecular formula is C17H14ClN3O2S2. The maximum Gasteiger partial charge on any atom is 0.349 e. The van der Waals surface area contributed by atoms with Crippen molar-refractivity contribution in [3.8, 4) is 5.75 Å². The van der Waals surface area contributed by atoms with Crippen molar-refractivity contribution in [2.24, 2.45) is 0 Å². The Balaban J connectivity index is 1.65. The number of thioether (sulfide) groups is 2. The Labute approximate surface area is 157 Å². The molecule has 0 atom stereocenters. The van der Waals surface area contributed by atoms with Crippen LogP contribution in [0.25, 0.3) is 0 Å². The van der Waals surface area contributed by atoms with Crippen molar-refractivity contribution in [2.75, 3.05) is 0 Å². The largest absolute Gasteiger partial charge is 0.508 e. The number of benzene rings is 2. The monoisotopic (exact) mass is 391 g/mol. The van der Waals surface area contributed by atoms with Crippen molar-refractivity contribution in [2.45, 2.75) is 21.8 Å². The minimum absolute atomic E-state index is 0.212. The molecule has 0 amide bonds. The number of phenolic OH excluding ortho intramolecular Hbond substituents is 1. The topological polar surface area (TPSA) is 78.9 Å². The predicted molar refractivity (Wildman–Crippen MR) is 101 cm³/mol. The SMILES string of the molecule is O=c1nc(SCc2cccc(O)c2)nc(SCc2ccc(Cl)cc2)[nH]1. The number of nitrogens with one attached hydrogen (secondary N) is 1. The molecule has 8 heteroatoms. The molecule has 0 bridgehead atoms. The molecule has 0 spiro atoms. The normalized spacial score (nSPS) is 10.8. The second kappa shape index (κ2) is 8.42. The lowest BCUT2D eigenvalue weighted by molar-refractivity contribution is 0.475. The highest BCUT2D eigenvalue weighted by atomic mass is 35.5. The summed E-state index contributed by atoms with van der Waals surface area (Å²) in [5.41, 5.74) is 1.60. The summed E-state index contributed by atoms with van der Waals surface area (Å²) in [6.07, 6.45) is 0. The van der Waals surface area contributed by atoms with Gasteiger partial charge >= 0.3 is 5.69 Å². The van der Waals surface area contributed by atoms with Crippen LogP contribution in [-0.2, 0) is 11.5 Å². The average molecular weight is 392 g/mol. The molecule has 0 saturated carbocycles. The summed E-state index contributed by atoms with van der Waals surface area (Å²) >= 11 is 8.65. The van der Waals surface area contributed by atoms with Crippen LogP contribution in [0.15, 0.2) is 63.6 Å². The number of phenols is 1. The van der Waals surface area contributed by atoms with Crippen molar-refractivity contribution in [1.82, 2.24) is 15.0 Å². The third-order valence-electron chi connectivity index (χ3n) is 3.18. The highest BCUT2D eigenvalue weighted by Gasteiger charge is 2.06. The molecule has 2 aromatic carbocycles. The van der Waals surface area contributed by atoms with Crippen LogP contribution in [0.3, 0.4) is 0 Å². The van der Waals surface area contributed by atoms with Gasteiger partial charge in [-0.15, -0.1) is 0 Å². The van der Waals surface area contributed by atoms with Gasteiger partial charge in [0, 0.05) is 16.5 Å². The molecule has 0 aliphatic carbocycles. The summed E-state index contributed by atoms with van der Waals surface area (Å²) in [5, 5.41) is 11.1. The Morgan fingerprint density at radius 3 is 2.52 bits per heavy atom. The molecule has 0 fully saturated rings. The lowest BCUT2D eigenvalue weighted by Gasteiger charge is -2.04. The van der Waals surface area contributed by atoms with Gasteiger partial charge in [-0.25, -0.2) is 4.79 Å². The minimum atomic E-state index is -0.424. The fourth-order valence-corrected chi connectivity index (χ4v) is 3.77. The van der Waals surface area contributed by atoms with E-state index in [1.807, 2.05) is 30.3 Å². The number of aromatic amines is 1. The van der Waals surface area contributed by atoms with Gasteiger partial charge in [-0.3, -0.25) is 4.98 Å². The van der Waals surface area contributed by atoms with E-state index in [-0.39, 0.29) is 5.75 Å². The summed E-state index contributed by atoms with van der Waals surface area (Å²) in [6.45, 7) is 0. The van der Waals surface area contributed by atoms with Crippen molar-refractivity contribution < 1.29 is 5.11 Å². The number of hydrogen-bond donors (Lipinski definition) is 2. The van der Waals surface area contributed by atoms with Gasteiger partial charge in [-0.05, 0) is 35.4 Å². The van der Waals surface area contributed by atoms with Crippen LogP contribution >= 0.6 is 35.1 Å². The second-order valence-corrected chi connectivity index (χ2v) is 7.46. The Hall–Kier alpha value is -1.96. The van der Waals surface area contributed by atoms with Crippen LogP contribution < -0.4 is 5.69 Å². The standard InChI is InChI=1S/C17H14ClN3O2S2/c18-13-6-4-11(5-7-13)9-24-16-19-15(23)20-17(21-16)25-10-12-2-1-3-14(22)8-12/h1-8,22H,9-10H2,(H,19,20,21,23). The number of nitrogens with zero attached hydrogens (tertiary/aromatic N) is 2. The van der Waals surface area contributed by atoms with Gasteiger partial charge in [0.05, 0.1) is 0 Å². The highest BCUT2D eigenvalue weighted by Crippen LogP contribution is 2.24. The van der Waals surface area contributed by atoms with Gasteiger partial charge in [0.25, 0.3) is 0 Å². The molecular weight excluding hydrogens is 378 g/mol. The maximum atomic E-state index is 11.7.